The molecule has 0 aliphatic rings. The molecule has 2 aromatic rings. The van der Waals surface area contributed by atoms with Crippen molar-refractivity contribution in [3.05, 3.63) is 35.8 Å². The SMILES string of the molecule is COC(=O)c1cc(CBr)n2cccc2n1. The van der Waals surface area contributed by atoms with Gasteiger partial charge in [0.1, 0.15) is 5.65 Å². The molecule has 78 valence electrons. The van der Waals surface area contributed by atoms with E-state index in [1.807, 2.05) is 22.7 Å². The number of nitrogens with zero attached hydrogens (tertiary/aromatic N) is 2. The second kappa shape index (κ2) is 4.02. The molecule has 0 spiro atoms. The van der Waals surface area contributed by atoms with Crippen LogP contribution in [0.25, 0.3) is 5.65 Å². The summed E-state index contributed by atoms with van der Waals surface area (Å²) in [6, 6.07) is 5.45. The lowest BCUT2D eigenvalue weighted by Gasteiger charge is -2.05. The van der Waals surface area contributed by atoms with Gasteiger partial charge in [0.05, 0.1) is 7.11 Å². The van der Waals surface area contributed by atoms with E-state index in [9.17, 15) is 4.79 Å². The number of fused-ring (bicyclic) bond motifs is 1. The van der Waals surface area contributed by atoms with E-state index in [0.29, 0.717) is 11.0 Å². The summed E-state index contributed by atoms with van der Waals surface area (Å²) >= 11 is 3.37. The molecule has 0 bridgehead atoms. The smallest absolute Gasteiger partial charge is 0.356 e. The number of methoxy groups -OCH3 is 1. The lowest BCUT2D eigenvalue weighted by molar-refractivity contribution is 0.0594. The number of hydrogen-bond acceptors (Lipinski definition) is 3. The largest absolute Gasteiger partial charge is 0.464 e. The number of aromatic nitrogens is 2. The molecule has 0 N–H and O–H groups in total. The van der Waals surface area contributed by atoms with Gasteiger partial charge in [0.25, 0.3) is 0 Å². The quantitative estimate of drug-likeness (QED) is 0.618. The van der Waals surface area contributed by atoms with Crippen LogP contribution in [-0.4, -0.2) is 22.5 Å². The molecule has 0 fully saturated rings. The van der Waals surface area contributed by atoms with Crippen molar-refractivity contribution in [2.24, 2.45) is 0 Å². The summed E-state index contributed by atoms with van der Waals surface area (Å²) in [5.74, 6) is -0.416. The van der Waals surface area contributed by atoms with Gasteiger partial charge in [-0.25, -0.2) is 9.78 Å². The number of carbonyl (C=O) groups is 1. The molecule has 0 aromatic carbocycles. The van der Waals surface area contributed by atoms with Gasteiger partial charge in [-0.3, -0.25) is 0 Å². The Balaban J connectivity index is 2.63. The first-order valence-corrected chi connectivity index (χ1v) is 5.49. The van der Waals surface area contributed by atoms with Crippen molar-refractivity contribution in [2.45, 2.75) is 5.33 Å². The monoisotopic (exact) mass is 268 g/mol. The minimum Gasteiger partial charge on any atom is -0.464 e. The van der Waals surface area contributed by atoms with Crippen molar-refractivity contribution >= 4 is 27.5 Å². The predicted octanol–water partition coefficient (Wildman–Crippen LogP) is 2.02. The van der Waals surface area contributed by atoms with Crippen molar-refractivity contribution in [1.82, 2.24) is 9.38 Å². The lowest BCUT2D eigenvalue weighted by Crippen LogP contribution is -2.07. The summed E-state index contributed by atoms with van der Waals surface area (Å²) in [6.45, 7) is 0. The van der Waals surface area contributed by atoms with Gasteiger partial charge in [-0.2, -0.15) is 0 Å². The zero-order chi connectivity index (χ0) is 10.8. The van der Waals surface area contributed by atoms with Gasteiger partial charge < -0.3 is 9.14 Å². The molecular weight excluding hydrogens is 260 g/mol. The van der Waals surface area contributed by atoms with Crippen LogP contribution >= 0.6 is 15.9 Å². The zero-order valence-corrected chi connectivity index (χ0v) is 9.69. The number of rotatable bonds is 2. The normalized spacial score (nSPS) is 10.5. The molecule has 0 unspecified atom stereocenters. The molecule has 0 amide bonds. The number of halogens is 1. The van der Waals surface area contributed by atoms with E-state index in [0.717, 1.165) is 11.3 Å². The Hall–Kier alpha value is -1.36. The summed E-state index contributed by atoms with van der Waals surface area (Å²) in [4.78, 5) is 15.5. The lowest BCUT2D eigenvalue weighted by atomic mass is 10.3. The predicted molar refractivity (Wildman–Crippen MR) is 59.2 cm³/mol. The summed E-state index contributed by atoms with van der Waals surface area (Å²) < 4.78 is 6.55. The van der Waals surface area contributed by atoms with Crippen LogP contribution in [0.15, 0.2) is 24.4 Å². The van der Waals surface area contributed by atoms with Gasteiger partial charge in [0.2, 0.25) is 0 Å². The Morgan fingerprint density at radius 1 is 1.67 bits per heavy atom. The van der Waals surface area contributed by atoms with E-state index in [2.05, 4.69) is 25.7 Å². The van der Waals surface area contributed by atoms with E-state index in [-0.39, 0.29) is 0 Å². The van der Waals surface area contributed by atoms with Gasteiger partial charge in [-0.05, 0) is 18.2 Å². The molecule has 0 aliphatic carbocycles. The van der Waals surface area contributed by atoms with Crippen molar-refractivity contribution < 1.29 is 9.53 Å². The highest BCUT2D eigenvalue weighted by atomic mass is 79.9. The standard InChI is InChI=1S/C10H9BrN2O2/c1-15-10(14)8-5-7(6-11)13-4-2-3-9(13)12-8/h2-5H,6H2,1H3. The Morgan fingerprint density at radius 2 is 2.47 bits per heavy atom. The van der Waals surface area contributed by atoms with Crippen molar-refractivity contribution in [1.29, 1.82) is 0 Å². The summed E-state index contributed by atoms with van der Waals surface area (Å²) in [5, 5.41) is 0.657. The second-order valence-electron chi connectivity index (χ2n) is 2.99. The van der Waals surface area contributed by atoms with E-state index in [1.165, 1.54) is 7.11 Å². The third-order valence-electron chi connectivity index (χ3n) is 2.11. The molecule has 0 atom stereocenters. The van der Waals surface area contributed by atoms with Crippen LogP contribution in [0.3, 0.4) is 0 Å². The minimum atomic E-state index is -0.416. The molecule has 15 heavy (non-hydrogen) atoms. The van der Waals surface area contributed by atoms with Crippen LogP contribution in [0.2, 0.25) is 0 Å². The van der Waals surface area contributed by atoms with Crippen LogP contribution < -0.4 is 0 Å². The molecule has 2 aromatic heterocycles. The first-order valence-electron chi connectivity index (χ1n) is 4.37. The van der Waals surface area contributed by atoms with Gasteiger partial charge in [-0.1, -0.05) is 15.9 Å². The zero-order valence-electron chi connectivity index (χ0n) is 8.11. The van der Waals surface area contributed by atoms with Gasteiger partial charge >= 0.3 is 5.97 Å². The second-order valence-corrected chi connectivity index (χ2v) is 3.56. The van der Waals surface area contributed by atoms with Crippen LogP contribution in [-0.2, 0) is 10.1 Å². The number of hydrogen-bond donors (Lipinski definition) is 0. The molecule has 2 heterocycles. The first-order chi connectivity index (χ1) is 7.26. The first kappa shape index (κ1) is 10.2. The van der Waals surface area contributed by atoms with Crippen molar-refractivity contribution in [2.75, 3.05) is 7.11 Å². The minimum absolute atomic E-state index is 0.332. The number of ether oxygens (including phenoxy) is 1. The number of carbonyl (C=O) groups excluding carboxylic acids is 1. The molecular formula is C10H9BrN2O2. The van der Waals surface area contributed by atoms with E-state index in [1.54, 1.807) is 6.07 Å². The number of alkyl halides is 1. The van der Waals surface area contributed by atoms with Gasteiger partial charge in [0, 0.05) is 17.2 Å². The number of esters is 1. The summed E-state index contributed by atoms with van der Waals surface area (Å²) in [7, 11) is 1.35. The molecule has 4 nitrogen and oxygen atoms in total. The highest BCUT2D eigenvalue weighted by molar-refractivity contribution is 9.08. The Bertz CT molecular complexity index is 507. The summed E-state index contributed by atoms with van der Waals surface area (Å²) in [5.41, 5.74) is 2.04. The molecule has 0 radical (unpaired) electrons. The highest BCUT2D eigenvalue weighted by Gasteiger charge is 2.11. The third kappa shape index (κ3) is 1.74. The molecule has 0 saturated carbocycles. The fourth-order valence-electron chi connectivity index (χ4n) is 1.40. The van der Waals surface area contributed by atoms with Crippen LogP contribution in [0.1, 0.15) is 16.2 Å². The maximum absolute atomic E-state index is 11.3. The summed E-state index contributed by atoms with van der Waals surface area (Å²) in [6.07, 6.45) is 1.90. The highest BCUT2D eigenvalue weighted by Crippen LogP contribution is 2.12. The fraction of sp³-hybridized carbons (Fsp3) is 0.200. The van der Waals surface area contributed by atoms with Crippen LogP contribution in [0, 0.1) is 0 Å². The van der Waals surface area contributed by atoms with Gasteiger partial charge in [-0.15, -0.1) is 0 Å². The average molecular weight is 269 g/mol. The molecule has 0 saturated heterocycles. The topological polar surface area (TPSA) is 43.6 Å². The van der Waals surface area contributed by atoms with Crippen LogP contribution in [0.5, 0.6) is 0 Å². The average Bonchev–Trinajstić information content (AvgIpc) is 2.74. The van der Waals surface area contributed by atoms with Crippen LogP contribution in [0.4, 0.5) is 0 Å². The Kier molecular flexibility index (Phi) is 2.73. The van der Waals surface area contributed by atoms with E-state index >= 15 is 0 Å². The fourth-order valence-corrected chi connectivity index (χ4v) is 1.83. The maximum Gasteiger partial charge on any atom is 0.356 e. The Labute approximate surface area is 95.0 Å². The van der Waals surface area contributed by atoms with Crippen molar-refractivity contribution in [3.8, 4) is 0 Å². The van der Waals surface area contributed by atoms with E-state index in [4.69, 9.17) is 0 Å². The Morgan fingerprint density at radius 3 is 3.13 bits per heavy atom. The third-order valence-corrected chi connectivity index (χ3v) is 2.68. The molecule has 0 aliphatic heterocycles. The van der Waals surface area contributed by atoms with E-state index < -0.39 is 5.97 Å². The maximum atomic E-state index is 11.3. The molecule has 5 heteroatoms. The van der Waals surface area contributed by atoms with Gasteiger partial charge in [0.15, 0.2) is 5.69 Å². The molecule has 2 rings (SSSR count). The van der Waals surface area contributed by atoms with Crippen molar-refractivity contribution in [3.63, 3.8) is 0 Å².